The highest BCUT2D eigenvalue weighted by molar-refractivity contribution is 7.99. The van der Waals surface area contributed by atoms with E-state index in [4.69, 9.17) is 17.4 Å². The zero-order valence-electron chi connectivity index (χ0n) is 12.8. The molecule has 0 spiro atoms. The molecule has 1 aromatic heterocycles. The van der Waals surface area contributed by atoms with E-state index in [0.717, 1.165) is 11.8 Å². The normalized spacial score (nSPS) is 10.6. The molecule has 1 amide bonds. The number of thioether (sulfide) groups is 1. The lowest BCUT2D eigenvalue weighted by molar-refractivity contribution is -0.113. The number of hydrogen-bond acceptors (Lipinski definition) is 5. The summed E-state index contributed by atoms with van der Waals surface area (Å²) >= 11 is 7.06. The second-order valence-electron chi connectivity index (χ2n) is 5.00. The fourth-order valence-corrected chi connectivity index (χ4v) is 2.93. The number of rotatable bonds is 5. The fraction of sp³-hybridized carbons (Fsp3) is 0.0625. The lowest BCUT2D eigenvalue weighted by atomic mass is 10.2. The molecule has 1 heterocycles. The van der Waals surface area contributed by atoms with Gasteiger partial charge >= 0.3 is 0 Å². The number of nitrogen functional groups attached to an aromatic ring is 1. The van der Waals surface area contributed by atoms with Crippen LogP contribution in [0.25, 0.3) is 11.4 Å². The Morgan fingerprint density at radius 3 is 2.80 bits per heavy atom. The van der Waals surface area contributed by atoms with Crippen molar-refractivity contribution in [3.63, 3.8) is 0 Å². The number of halogens is 2. The summed E-state index contributed by atoms with van der Waals surface area (Å²) in [5.74, 6) is 5.56. The highest BCUT2D eigenvalue weighted by atomic mass is 35.5. The molecular formula is C16H13ClFN5OS. The lowest BCUT2D eigenvalue weighted by Gasteiger charge is -2.06. The van der Waals surface area contributed by atoms with Gasteiger partial charge in [0.2, 0.25) is 11.1 Å². The van der Waals surface area contributed by atoms with Gasteiger partial charge in [-0.05, 0) is 24.3 Å². The third-order valence-corrected chi connectivity index (χ3v) is 4.41. The molecular weight excluding hydrogens is 365 g/mol. The van der Waals surface area contributed by atoms with Crippen molar-refractivity contribution in [3.8, 4) is 11.4 Å². The van der Waals surface area contributed by atoms with E-state index in [1.807, 2.05) is 0 Å². The number of nitrogens with one attached hydrogen (secondary N) is 1. The largest absolute Gasteiger partial charge is 0.335 e. The van der Waals surface area contributed by atoms with Crippen LogP contribution in [-0.2, 0) is 4.79 Å². The maximum atomic E-state index is 13.5. The van der Waals surface area contributed by atoms with E-state index in [9.17, 15) is 9.18 Å². The SMILES string of the molecule is Nn1c(SCC(=O)Nc2ccccc2F)nnc1-c1cccc(Cl)c1. The summed E-state index contributed by atoms with van der Waals surface area (Å²) in [6.45, 7) is 0. The van der Waals surface area contributed by atoms with Crippen molar-refractivity contribution in [3.05, 3.63) is 59.4 Å². The molecule has 0 aliphatic heterocycles. The van der Waals surface area contributed by atoms with E-state index in [2.05, 4.69) is 15.5 Å². The van der Waals surface area contributed by atoms with Gasteiger partial charge in [-0.1, -0.05) is 47.6 Å². The molecule has 0 saturated carbocycles. The number of anilines is 1. The molecule has 3 N–H and O–H groups in total. The first-order valence-corrected chi connectivity index (χ1v) is 8.54. The van der Waals surface area contributed by atoms with Gasteiger partial charge < -0.3 is 11.2 Å². The predicted octanol–water partition coefficient (Wildman–Crippen LogP) is 3.18. The summed E-state index contributed by atoms with van der Waals surface area (Å²) in [5, 5.41) is 11.4. The molecule has 0 bridgehead atoms. The summed E-state index contributed by atoms with van der Waals surface area (Å²) in [6, 6.07) is 13.0. The Morgan fingerprint density at radius 2 is 2.04 bits per heavy atom. The molecule has 9 heteroatoms. The quantitative estimate of drug-likeness (QED) is 0.527. The van der Waals surface area contributed by atoms with E-state index in [-0.39, 0.29) is 17.3 Å². The molecule has 0 saturated heterocycles. The van der Waals surface area contributed by atoms with Crippen LogP contribution in [0.5, 0.6) is 0 Å². The second kappa shape index (κ2) is 7.54. The Balaban J connectivity index is 1.66. The van der Waals surface area contributed by atoms with Crippen LogP contribution in [0, 0.1) is 5.82 Å². The molecule has 2 aromatic carbocycles. The maximum Gasteiger partial charge on any atom is 0.234 e. The fourth-order valence-electron chi connectivity index (χ4n) is 2.08. The first-order valence-electron chi connectivity index (χ1n) is 7.18. The van der Waals surface area contributed by atoms with Crippen molar-refractivity contribution >= 4 is 35.0 Å². The van der Waals surface area contributed by atoms with E-state index < -0.39 is 5.82 Å². The molecule has 25 heavy (non-hydrogen) atoms. The van der Waals surface area contributed by atoms with Crippen LogP contribution < -0.4 is 11.2 Å². The average molecular weight is 378 g/mol. The Bertz CT molecular complexity index is 917. The van der Waals surface area contributed by atoms with Gasteiger partial charge in [0.1, 0.15) is 5.82 Å². The number of para-hydroxylation sites is 1. The molecule has 0 radical (unpaired) electrons. The van der Waals surface area contributed by atoms with Crippen LogP contribution in [-0.4, -0.2) is 26.5 Å². The van der Waals surface area contributed by atoms with E-state index in [1.165, 1.54) is 16.8 Å². The monoisotopic (exact) mass is 377 g/mol. The summed E-state index contributed by atoms with van der Waals surface area (Å²) in [5.41, 5.74) is 0.840. The number of carbonyl (C=O) groups excluding carboxylic acids is 1. The predicted molar refractivity (Wildman–Crippen MR) is 96.4 cm³/mol. The first-order chi connectivity index (χ1) is 12.0. The zero-order chi connectivity index (χ0) is 17.8. The third-order valence-electron chi connectivity index (χ3n) is 3.23. The molecule has 0 aliphatic carbocycles. The summed E-state index contributed by atoms with van der Waals surface area (Å²) in [6.07, 6.45) is 0. The van der Waals surface area contributed by atoms with Crippen molar-refractivity contribution in [2.45, 2.75) is 5.16 Å². The van der Waals surface area contributed by atoms with Crippen molar-refractivity contribution in [2.24, 2.45) is 0 Å². The van der Waals surface area contributed by atoms with Gasteiger partial charge in [0.15, 0.2) is 5.82 Å². The standard InChI is InChI=1S/C16H13ClFN5OS/c17-11-5-3-4-10(8-11)15-21-22-16(23(15)19)25-9-14(24)20-13-7-2-1-6-12(13)18/h1-8H,9,19H2,(H,20,24). The van der Waals surface area contributed by atoms with Crippen molar-refractivity contribution in [2.75, 3.05) is 16.9 Å². The molecule has 128 valence electrons. The zero-order valence-corrected chi connectivity index (χ0v) is 14.4. The van der Waals surface area contributed by atoms with Crippen LogP contribution in [0.3, 0.4) is 0 Å². The number of carbonyl (C=O) groups is 1. The van der Waals surface area contributed by atoms with Crippen LogP contribution in [0.1, 0.15) is 0 Å². The number of hydrogen-bond donors (Lipinski definition) is 2. The van der Waals surface area contributed by atoms with Crippen LogP contribution in [0.2, 0.25) is 5.02 Å². The van der Waals surface area contributed by atoms with Crippen LogP contribution in [0.15, 0.2) is 53.7 Å². The summed E-state index contributed by atoms with van der Waals surface area (Å²) < 4.78 is 14.8. The molecule has 6 nitrogen and oxygen atoms in total. The van der Waals surface area contributed by atoms with E-state index >= 15 is 0 Å². The second-order valence-corrected chi connectivity index (χ2v) is 6.38. The van der Waals surface area contributed by atoms with Crippen LogP contribution in [0.4, 0.5) is 10.1 Å². The Labute approximate surface area is 152 Å². The highest BCUT2D eigenvalue weighted by Crippen LogP contribution is 2.24. The van der Waals surface area contributed by atoms with E-state index in [0.29, 0.717) is 21.6 Å². The number of aromatic nitrogens is 3. The summed E-state index contributed by atoms with van der Waals surface area (Å²) in [4.78, 5) is 12.0. The number of nitrogens with two attached hydrogens (primary N) is 1. The van der Waals surface area contributed by atoms with Gasteiger partial charge in [0, 0.05) is 10.6 Å². The minimum absolute atomic E-state index is 0.0131. The van der Waals surface area contributed by atoms with Crippen molar-refractivity contribution in [1.82, 2.24) is 14.9 Å². The topological polar surface area (TPSA) is 85.8 Å². The van der Waals surface area contributed by atoms with Gasteiger partial charge in [-0.2, -0.15) is 0 Å². The number of benzene rings is 2. The minimum atomic E-state index is -0.494. The first kappa shape index (κ1) is 17.2. The summed E-state index contributed by atoms with van der Waals surface area (Å²) in [7, 11) is 0. The average Bonchev–Trinajstić information content (AvgIpc) is 2.96. The number of amides is 1. The Kier molecular flexibility index (Phi) is 5.20. The molecule has 0 aliphatic rings. The van der Waals surface area contributed by atoms with Crippen molar-refractivity contribution < 1.29 is 9.18 Å². The molecule has 3 rings (SSSR count). The van der Waals surface area contributed by atoms with Gasteiger partial charge in [0.05, 0.1) is 11.4 Å². The molecule has 0 fully saturated rings. The Hall–Kier alpha value is -2.58. The Morgan fingerprint density at radius 1 is 1.24 bits per heavy atom. The smallest absolute Gasteiger partial charge is 0.234 e. The van der Waals surface area contributed by atoms with Crippen LogP contribution >= 0.6 is 23.4 Å². The lowest BCUT2D eigenvalue weighted by Crippen LogP contribution is -2.17. The molecule has 0 unspecified atom stereocenters. The number of nitrogens with zero attached hydrogens (tertiary/aromatic N) is 3. The maximum absolute atomic E-state index is 13.5. The van der Waals surface area contributed by atoms with Gasteiger partial charge in [-0.25, -0.2) is 9.07 Å². The van der Waals surface area contributed by atoms with Crippen molar-refractivity contribution in [1.29, 1.82) is 0 Å². The van der Waals surface area contributed by atoms with Gasteiger partial charge in [-0.15, -0.1) is 10.2 Å². The van der Waals surface area contributed by atoms with E-state index in [1.54, 1.807) is 36.4 Å². The third kappa shape index (κ3) is 4.09. The van der Waals surface area contributed by atoms with Gasteiger partial charge in [-0.3, -0.25) is 4.79 Å². The minimum Gasteiger partial charge on any atom is -0.335 e. The molecule has 3 aromatic rings. The molecule has 0 atom stereocenters. The highest BCUT2D eigenvalue weighted by Gasteiger charge is 2.14. The van der Waals surface area contributed by atoms with Gasteiger partial charge in [0.25, 0.3) is 0 Å².